The van der Waals surface area contributed by atoms with Gasteiger partial charge in [0.15, 0.2) is 0 Å². The quantitative estimate of drug-likeness (QED) is 0.627. The molecule has 0 aliphatic heterocycles. The summed E-state index contributed by atoms with van der Waals surface area (Å²) >= 11 is 0. The van der Waals surface area contributed by atoms with E-state index in [4.69, 9.17) is 5.11 Å². The molecular formula is C9H14O2. The normalized spacial score (nSPS) is 42.4. The van der Waals surface area contributed by atoms with Gasteiger partial charge in [0.2, 0.25) is 0 Å². The van der Waals surface area contributed by atoms with Crippen LogP contribution in [0.25, 0.3) is 0 Å². The maximum atomic E-state index is 10.9. The van der Waals surface area contributed by atoms with Gasteiger partial charge in [0.05, 0.1) is 5.41 Å². The third kappa shape index (κ3) is 0.815. The lowest BCUT2D eigenvalue weighted by atomic mass is 9.54. The molecule has 2 fully saturated rings. The highest BCUT2D eigenvalue weighted by atomic mass is 16.4. The first-order chi connectivity index (χ1) is 5.26. The molecular weight excluding hydrogens is 140 g/mol. The molecule has 0 aromatic rings. The van der Waals surface area contributed by atoms with E-state index in [9.17, 15) is 4.79 Å². The second kappa shape index (κ2) is 2.23. The maximum Gasteiger partial charge on any atom is 0.309 e. The van der Waals surface area contributed by atoms with Gasteiger partial charge in [-0.05, 0) is 31.6 Å². The molecule has 0 radical (unpaired) electrons. The van der Waals surface area contributed by atoms with Gasteiger partial charge in [0.25, 0.3) is 0 Å². The number of rotatable bonds is 1. The third-order valence-electron chi connectivity index (χ3n) is 3.57. The van der Waals surface area contributed by atoms with Gasteiger partial charge in [0.1, 0.15) is 0 Å². The van der Waals surface area contributed by atoms with Crippen molar-refractivity contribution in [3.8, 4) is 0 Å². The second-order valence-electron chi connectivity index (χ2n) is 3.94. The third-order valence-corrected chi connectivity index (χ3v) is 3.57. The van der Waals surface area contributed by atoms with E-state index in [1.807, 2.05) is 0 Å². The van der Waals surface area contributed by atoms with Crippen LogP contribution in [0, 0.1) is 11.3 Å². The second-order valence-corrected chi connectivity index (χ2v) is 3.94. The van der Waals surface area contributed by atoms with Crippen molar-refractivity contribution in [1.29, 1.82) is 0 Å². The highest BCUT2D eigenvalue weighted by Crippen LogP contribution is 2.55. The van der Waals surface area contributed by atoms with Gasteiger partial charge in [-0.1, -0.05) is 12.8 Å². The standard InChI is InChI=1S/C9H14O2/c10-8(11)9-5-2-1-3-7(9)4-6-9/h7H,1-6H2,(H,10,11). The van der Waals surface area contributed by atoms with E-state index in [2.05, 4.69) is 0 Å². The molecule has 0 bridgehead atoms. The van der Waals surface area contributed by atoms with Crippen LogP contribution in [0.2, 0.25) is 0 Å². The summed E-state index contributed by atoms with van der Waals surface area (Å²) in [6.45, 7) is 0. The molecule has 0 amide bonds. The van der Waals surface area contributed by atoms with Gasteiger partial charge in [0, 0.05) is 0 Å². The van der Waals surface area contributed by atoms with Gasteiger partial charge < -0.3 is 5.11 Å². The summed E-state index contributed by atoms with van der Waals surface area (Å²) in [5.74, 6) is -0.0119. The number of fused-ring (bicyclic) bond motifs is 1. The molecule has 0 spiro atoms. The van der Waals surface area contributed by atoms with Crippen LogP contribution in [-0.4, -0.2) is 11.1 Å². The molecule has 2 atom stereocenters. The largest absolute Gasteiger partial charge is 0.481 e. The lowest BCUT2D eigenvalue weighted by Gasteiger charge is -2.49. The van der Waals surface area contributed by atoms with E-state index in [1.165, 1.54) is 6.42 Å². The number of carboxylic acids is 1. The molecule has 2 nitrogen and oxygen atoms in total. The molecule has 62 valence electrons. The van der Waals surface area contributed by atoms with Gasteiger partial charge in [-0.25, -0.2) is 0 Å². The van der Waals surface area contributed by atoms with Crippen molar-refractivity contribution >= 4 is 5.97 Å². The molecule has 0 aromatic carbocycles. The molecule has 2 aliphatic carbocycles. The average Bonchev–Trinajstić information content (AvgIpc) is 1.91. The lowest BCUT2D eigenvalue weighted by Crippen LogP contribution is -2.48. The van der Waals surface area contributed by atoms with Crippen LogP contribution in [0.3, 0.4) is 0 Å². The number of hydrogen-bond acceptors (Lipinski definition) is 1. The van der Waals surface area contributed by atoms with Crippen LogP contribution < -0.4 is 0 Å². The number of hydrogen-bond donors (Lipinski definition) is 1. The van der Waals surface area contributed by atoms with Crippen LogP contribution in [0.1, 0.15) is 38.5 Å². The Morgan fingerprint density at radius 1 is 1.27 bits per heavy atom. The predicted octanol–water partition coefficient (Wildman–Crippen LogP) is 2.04. The van der Waals surface area contributed by atoms with Crippen molar-refractivity contribution in [2.24, 2.45) is 11.3 Å². The monoisotopic (exact) mass is 154 g/mol. The Kier molecular flexibility index (Phi) is 1.44. The fourth-order valence-electron chi connectivity index (χ4n) is 2.67. The Labute approximate surface area is 66.6 Å². The first kappa shape index (κ1) is 7.14. The zero-order chi connectivity index (χ0) is 7.90. The molecule has 11 heavy (non-hydrogen) atoms. The minimum Gasteiger partial charge on any atom is -0.481 e. The van der Waals surface area contributed by atoms with E-state index in [0.717, 1.165) is 32.1 Å². The van der Waals surface area contributed by atoms with Crippen molar-refractivity contribution < 1.29 is 9.90 Å². The highest BCUT2D eigenvalue weighted by Gasteiger charge is 2.53. The first-order valence-corrected chi connectivity index (χ1v) is 4.49. The zero-order valence-corrected chi connectivity index (χ0v) is 6.68. The molecule has 1 N–H and O–H groups in total. The van der Waals surface area contributed by atoms with Crippen LogP contribution in [0.15, 0.2) is 0 Å². The van der Waals surface area contributed by atoms with E-state index in [1.54, 1.807) is 0 Å². The summed E-state index contributed by atoms with van der Waals surface area (Å²) < 4.78 is 0. The fraction of sp³-hybridized carbons (Fsp3) is 0.889. The fourth-order valence-corrected chi connectivity index (χ4v) is 2.67. The highest BCUT2D eigenvalue weighted by molar-refractivity contribution is 5.76. The van der Waals surface area contributed by atoms with Crippen molar-refractivity contribution in [1.82, 2.24) is 0 Å². The SMILES string of the molecule is O=C(O)C12CCCCC1CC2. The lowest BCUT2D eigenvalue weighted by molar-refractivity contribution is -0.165. The Morgan fingerprint density at radius 3 is 2.45 bits per heavy atom. The summed E-state index contributed by atoms with van der Waals surface area (Å²) in [4.78, 5) is 10.9. The van der Waals surface area contributed by atoms with Crippen molar-refractivity contribution in [3.05, 3.63) is 0 Å². The van der Waals surface area contributed by atoms with Crippen LogP contribution >= 0.6 is 0 Å². The molecule has 2 heteroatoms. The van der Waals surface area contributed by atoms with Crippen LogP contribution in [-0.2, 0) is 4.79 Å². The Bertz CT molecular complexity index is 188. The topological polar surface area (TPSA) is 37.3 Å². The Hall–Kier alpha value is -0.530. The first-order valence-electron chi connectivity index (χ1n) is 4.49. The summed E-state index contributed by atoms with van der Waals surface area (Å²) in [6, 6.07) is 0. The molecule has 0 aromatic heterocycles. The Morgan fingerprint density at radius 2 is 2.09 bits per heavy atom. The van der Waals surface area contributed by atoms with Crippen LogP contribution in [0.4, 0.5) is 0 Å². The van der Waals surface area contributed by atoms with E-state index in [-0.39, 0.29) is 5.41 Å². The van der Waals surface area contributed by atoms with Gasteiger partial charge in [-0.15, -0.1) is 0 Å². The minimum absolute atomic E-state index is 0.266. The van der Waals surface area contributed by atoms with E-state index >= 15 is 0 Å². The summed E-state index contributed by atoms with van der Waals surface area (Å²) in [5.41, 5.74) is -0.266. The summed E-state index contributed by atoms with van der Waals surface area (Å²) in [5, 5.41) is 9.02. The molecule has 2 aliphatic rings. The molecule has 0 saturated heterocycles. The van der Waals surface area contributed by atoms with Crippen molar-refractivity contribution in [2.45, 2.75) is 38.5 Å². The van der Waals surface area contributed by atoms with Gasteiger partial charge in [-0.3, -0.25) is 4.79 Å². The van der Waals surface area contributed by atoms with Gasteiger partial charge >= 0.3 is 5.97 Å². The zero-order valence-electron chi connectivity index (χ0n) is 6.68. The van der Waals surface area contributed by atoms with Crippen molar-refractivity contribution in [2.75, 3.05) is 0 Å². The average molecular weight is 154 g/mol. The summed E-state index contributed by atoms with van der Waals surface area (Å²) in [7, 11) is 0. The van der Waals surface area contributed by atoms with Crippen LogP contribution in [0.5, 0.6) is 0 Å². The number of aliphatic carboxylic acids is 1. The smallest absolute Gasteiger partial charge is 0.309 e. The van der Waals surface area contributed by atoms with Gasteiger partial charge in [-0.2, -0.15) is 0 Å². The van der Waals surface area contributed by atoms with Crippen molar-refractivity contribution in [3.63, 3.8) is 0 Å². The Balaban J connectivity index is 2.15. The molecule has 2 rings (SSSR count). The molecule has 0 heterocycles. The maximum absolute atomic E-state index is 10.9. The number of carbonyl (C=O) groups is 1. The van der Waals surface area contributed by atoms with E-state index in [0.29, 0.717) is 5.92 Å². The summed E-state index contributed by atoms with van der Waals surface area (Å²) in [6.07, 6.45) is 6.57. The molecule has 2 unspecified atom stereocenters. The molecule has 2 saturated carbocycles. The predicted molar refractivity (Wildman–Crippen MR) is 41.3 cm³/mol. The minimum atomic E-state index is -0.534. The van der Waals surface area contributed by atoms with E-state index < -0.39 is 5.97 Å². The number of carboxylic acid groups (broad SMARTS) is 1.